The number of hydrogen-bond acceptors (Lipinski definition) is 3. The fraction of sp³-hybridized carbons (Fsp3) is 0.357. The lowest BCUT2D eigenvalue weighted by molar-refractivity contribution is -0.142. The third-order valence-electron chi connectivity index (χ3n) is 3.43. The molecule has 2 unspecified atom stereocenters. The molecule has 1 saturated carbocycles. The van der Waals surface area contributed by atoms with Crippen LogP contribution >= 0.6 is 0 Å². The predicted octanol–water partition coefficient (Wildman–Crippen LogP) is 1.54. The van der Waals surface area contributed by atoms with Crippen molar-refractivity contribution in [3.8, 4) is 6.07 Å². The van der Waals surface area contributed by atoms with Crippen LogP contribution in [0.2, 0.25) is 0 Å². The van der Waals surface area contributed by atoms with Gasteiger partial charge in [0.25, 0.3) is 5.91 Å². The summed E-state index contributed by atoms with van der Waals surface area (Å²) in [4.78, 5) is 23.0. The van der Waals surface area contributed by atoms with Crippen LogP contribution in [0.3, 0.4) is 0 Å². The van der Waals surface area contributed by atoms with Crippen molar-refractivity contribution in [3.05, 3.63) is 35.4 Å². The summed E-state index contributed by atoms with van der Waals surface area (Å²) in [5, 5.41) is 20.5. The summed E-state index contributed by atoms with van der Waals surface area (Å²) in [6.45, 7) is 0. The number of nitrogens with one attached hydrogen (secondary N) is 1. The first-order chi connectivity index (χ1) is 9.11. The normalized spacial score (nSPS) is 21.6. The highest BCUT2D eigenvalue weighted by Crippen LogP contribution is 2.26. The molecule has 0 bridgehead atoms. The summed E-state index contributed by atoms with van der Waals surface area (Å²) in [7, 11) is 0. The van der Waals surface area contributed by atoms with Crippen molar-refractivity contribution in [1.29, 1.82) is 5.26 Å². The van der Waals surface area contributed by atoms with Crippen LogP contribution in [0, 0.1) is 17.2 Å². The van der Waals surface area contributed by atoms with Gasteiger partial charge in [-0.1, -0.05) is 6.42 Å². The highest BCUT2D eigenvalue weighted by Gasteiger charge is 2.33. The van der Waals surface area contributed by atoms with Crippen molar-refractivity contribution in [2.24, 2.45) is 5.92 Å². The molecule has 1 aromatic carbocycles. The van der Waals surface area contributed by atoms with Gasteiger partial charge < -0.3 is 10.4 Å². The van der Waals surface area contributed by atoms with E-state index in [1.165, 1.54) is 0 Å². The zero-order valence-corrected chi connectivity index (χ0v) is 10.3. The molecular weight excluding hydrogens is 244 g/mol. The molecule has 0 aromatic heterocycles. The molecule has 0 aliphatic heterocycles. The van der Waals surface area contributed by atoms with E-state index in [0.29, 0.717) is 24.0 Å². The van der Waals surface area contributed by atoms with Crippen molar-refractivity contribution >= 4 is 11.9 Å². The van der Waals surface area contributed by atoms with Crippen molar-refractivity contribution < 1.29 is 14.7 Å². The van der Waals surface area contributed by atoms with E-state index in [-0.39, 0.29) is 11.9 Å². The van der Waals surface area contributed by atoms with E-state index in [4.69, 9.17) is 10.4 Å². The third kappa shape index (κ3) is 2.91. The van der Waals surface area contributed by atoms with Gasteiger partial charge in [0.1, 0.15) is 0 Å². The van der Waals surface area contributed by atoms with Crippen molar-refractivity contribution in [2.75, 3.05) is 0 Å². The van der Waals surface area contributed by atoms with Gasteiger partial charge in [0, 0.05) is 11.6 Å². The smallest absolute Gasteiger partial charge is 0.308 e. The molecule has 2 N–H and O–H groups in total. The Bertz CT molecular complexity index is 531. The van der Waals surface area contributed by atoms with Crippen molar-refractivity contribution in [2.45, 2.75) is 25.3 Å². The number of carboxylic acids is 1. The van der Waals surface area contributed by atoms with Gasteiger partial charge in [-0.2, -0.15) is 5.26 Å². The number of nitrogens with zero attached hydrogens (tertiary/aromatic N) is 1. The summed E-state index contributed by atoms with van der Waals surface area (Å²) >= 11 is 0. The van der Waals surface area contributed by atoms with Crippen molar-refractivity contribution in [3.63, 3.8) is 0 Å². The Morgan fingerprint density at radius 2 is 1.95 bits per heavy atom. The second-order valence-corrected chi connectivity index (χ2v) is 4.64. The number of nitriles is 1. The Morgan fingerprint density at radius 1 is 1.26 bits per heavy atom. The highest BCUT2D eigenvalue weighted by atomic mass is 16.4. The fourth-order valence-corrected chi connectivity index (χ4v) is 2.38. The van der Waals surface area contributed by atoms with Crippen LogP contribution in [0.1, 0.15) is 35.2 Å². The van der Waals surface area contributed by atoms with Gasteiger partial charge in [-0.25, -0.2) is 0 Å². The molecule has 0 heterocycles. The molecule has 19 heavy (non-hydrogen) atoms. The lowest BCUT2D eigenvalue weighted by Gasteiger charge is -2.17. The molecule has 2 rings (SSSR count). The molecule has 5 heteroatoms. The lowest BCUT2D eigenvalue weighted by atomic mass is 10.0. The van der Waals surface area contributed by atoms with E-state index in [1.54, 1.807) is 24.3 Å². The number of aliphatic carboxylic acids is 1. The van der Waals surface area contributed by atoms with E-state index in [2.05, 4.69) is 5.32 Å². The topological polar surface area (TPSA) is 90.2 Å². The SMILES string of the molecule is N#Cc1ccc(C(=O)NC2CCCC2C(=O)O)cc1. The number of carbonyl (C=O) groups is 2. The summed E-state index contributed by atoms with van der Waals surface area (Å²) in [5.41, 5.74) is 0.927. The number of rotatable bonds is 3. The van der Waals surface area contributed by atoms with Gasteiger partial charge in [0.2, 0.25) is 0 Å². The molecule has 1 aliphatic rings. The second-order valence-electron chi connectivity index (χ2n) is 4.64. The minimum atomic E-state index is -0.859. The maximum absolute atomic E-state index is 12.0. The number of benzene rings is 1. The van der Waals surface area contributed by atoms with E-state index in [1.807, 2.05) is 6.07 Å². The van der Waals surface area contributed by atoms with E-state index >= 15 is 0 Å². The van der Waals surface area contributed by atoms with Gasteiger partial charge >= 0.3 is 5.97 Å². The standard InChI is InChI=1S/C14H14N2O3/c15-8-9-4-6-10(7-5-9)13(17)16-12-3-1-2-11(12)14(18)19/h4-7,11-12H,1-3H2,(H,16,17)(H,18,19). The van der Waals surface area contributed by atoms with Crippen LogP contribution in [0.5, 0.6) is 0 Å². The molecule has 0 saturated heterocycles. The predicted molar refractivity (Wildman–Crippen MR) is 67.4 cm³/mol. The minimum Gasteiger partial charge on any atom is -0.481 e. The molecule has 2 atom stereocenters. The first kappa shape index (κ1) is 13.1. The molecule has 1 fully saturated rings. The second kappa shape index (κ2) is 5.53. The number of carbonyl (C=O) groups excluding carboxylic acids is 1. The Kier molecular flexibility index (Phi) is 3.81. The summed E-state index contributed by atoms with van der Waals surface area (Å²) < 4.78 is 0. The van der Waals surface area contributed by atoms with Crippen LogP contribution in [-0.2, 0) is 4.79 Å². The Balaban J connectivity index is 2.04. The van der Waals surface area contributed by atoms with Gasteiger partial charge in [0.15, 0.2) is 0 Å². The Labute approximate surface area is 110 Å². The fourth-order valence-electron chi connectivity index (χ4n) is 2.38. The van der Waals surface area contributed by atoms with Gasteiger partial charge in [0.05, 0.1) is 17.6 Å². The number of hydrogen-bond donors (Lipinski definition) is 2. The summed E-state index contributed by atoms with van der Waals surface area (Å²) in [6.07, 6.45) is 2.11. The maximum Gasteiger partial charge on any atom is 0.308 e. The van der Waals surface area contributed by atoms with Crippen LogP contribution in [0.4, 0.5) is 0 Å². The van der Waals surface area contributed by atoms with E-state index in [9.17, 15) is 9.59 Å². The number of carboxylic acid groups (broad SMARTS) is 1. The first-order valence-electron chi connectivity index (χ1n) is 6.15. The van der Waals surface area contributed by atoms with Crippen molar-refractivity contribution in [1.82, 2.24) is 5.32 Å². The summed E-state index contributed by atoms with van der Waals surface area (Å²) in [5.74, 6) is -1.65. The molecule has 0 spiro atoms. The van der Waals surface area contributed by atoms with Gasteiger partial charge in [-0.3, -0.25) is 9.59 Å². The van der Waals surface area contributed by atoms with Crippen LogP contribution < -0.4 is 5.32 Å². The molecule has 0 radical (unpaired) electrons. The molecule has 1 amide bonds. The van der Waals surface area contributed by atoms with E-state index in [0.717, 1.165) is 6.42 Å². The Morgan fingerprint density at radius 3 is 2.53 bits per heavy atom. The zero-order chi connectivity index (χ0) is 13.8. The molecule has 5 nitrogen and oxygen atoms in total. The molecule has 1 aliphatic carbocycles. The minimum absolute atomic E-state index is 0.289. The third-order valence-corrected chi connectivity index (χ3v) is 3.43. The van der Waals surface area contributed by atoms with Crippen LogP contribution in [0.15, 0.2) is 24.3 Å². The molecular formula is C14H14N2O3. The average molecular weight is 258 g/mol. The van der Waals surface area contributed by atoms with E-state index < -0.39 is 11.9 Å². The van der Waals surface area contributed by atoms with Gasteiger partial charge in [-0.15, -0.1) is 0 Å². The number of amides is 1. The largest absolute Gasteiger partial charge is 0.481 e. The zero-order valence-electron chi connectivity index (χ0n) is 10.3. The highest BCUT2D eigenvalue weighted by molar-refractivity contribution is 5.94. The van der Waals surface area contributed by atoms with Gasteiger partial charge in [-0.05, 0) is 37.1 Å². The first-order valence-corrected chi connectivity index (χ1v) is 6.15. The maximum atomic E-state index is 12.0. The lowest BCUT2D eigenvalue weighted by Crippen LogP contribution is -2.40. The average Bonchev–Trinajstić information content (AvgIpc) is 2.87. The monoisotopic (exact) mass is 258 g/mol. The Hall–Kier alpha value is -2.35. The quantitative estimate of drug-likeness (QED) is 0.860. The van der Waals surface area contributed by atoms with Crippen LogP contribution in [0.25, 0.3) is 0 Å². The molecule has 1 aromatic rings. The molecule has 98 valence electrons. The summed E-state index contributed by atoms with van der Waals surface area (Å²) in [6, 6.07) is 7.95. The van der Waals surface area contributed by atoms with Crippen LogP contribution in [-0.4, -0.2) is 23.0 Å².